The average molecular weight is 275 g/mol. The molecule has 6 heteroatoms. The van der Waals surface area contributed by atoms with E-state index in [1.54, 1.807) is 17.4 Å². The Bertz CT molecular complexity index is 593. The smallest absolute Gasteiger partial charge is 0.258 e. The van der Waals surface area contributed by atoms with Crippen LogP contribution in [0.25, 0.3) is 6.08 Å². The molecule has 2 aromatic heterocycles. The molecule has 0 saturated carbocycles. The predicted molar refractivity (Wildman–Crippen MR) is 73.6 cm³/mol. The number of hydrogen-bond acceptors (Lipinski definition) is 5. The lowest BCUT2D eigenvalue weighted by molar-refractivity contribution is 0.0960. The monoisotopic (exact) mass is 275 g/mol. The van der Waals surface area contributed by atoms with Gasteiger partial charge in [0.05, 0.1) is 5.75 Å². The van der Waals surface area contributed by atoms with Gasteiger partial charge in [-0.1, -0.05) is 23.7 Å². The van der Waals surface area contributed by atoms with Crippen molar-refractivity contribution in [2.75, 3.05) is 5.75 Å². The second kappa shape index (κ2) is 6.19. The molecule has 4 nitrogen and oxygen atoms in total. The first-order valence-corrected chi connectivity index (χ1v) is 6.90. The summed E-state index contributed by atoms with van der Waals surface area (Å²) in [6, 6.07) is 3.87. The number of carbonyl (C=O) groups is 1. The van der Waals surface area contributed by atoms with Crippen molar-refractivity contribution >= 4 is 35.1 Å². The zero-order chi connectivity index (χ0) is 12.8. The third-order valence-corrected chi connectivity index (χ3v) is 3.66. The van der Waals surface area contributed by atoms with E-state index in [1.165, 1.54) is 28.7 Å². The van der Waals surface area contributed by atoms with Crippen molar-refractivity contribution in [2.24, 2.45) is 0 Å². The lowest BCUT2D eigenvalue weighted by Crippen LogP contribution is -2.07. The third-order valence-electron chi connectivity index (χ3n) is 1.97. The molecule has 0 saturated heterocycles. The van der Waals surface area contributed by atoms with Crippen molar-refractivity contribution in [2.45, 2.75) is 5.16 Å². The number of aromatic nitrogens is 3. The first-order valence-electron chi connectivity index (χ1n) is 5.03. The van der Waals surface area contributed by atoms with Crippen molar-refractivity contribution in [1.29, 1.82) is 0 Å². The third kappa shape index (κ3) is 3.09. The van der Waals surface area contributed by atoms with E-state index in [1.807, 2.05) is 17.5 Å². The van der Waals surface area contributed by atoms with Gasteiger partial charge in [-0.3, -0.25) is 4.79 Å². The molecule has 90 valence electrons. The molecule has 0 aliphatic heterocycles. The van der Waals surface area contributed by atoms with E-state index in [2.05, 4.69) is 16.1 Å². The first kappa shape index (κ1) is 12.6. The maximum atomic E-state index is 11.9. The average Bonchev–Trinajstić information content (AvgIpc) is 3.04. The molecule has 0 spiro atoms. The number of nitrogens with zero attached hydrogens (tertiary/aromatic N) is 3. The van der Waals surface area contributed by atoms with Crippen LogP contribution in [0, 0.1) is 12.3 Å². The molecule has 0 aromatic carbocycles. The zero-order valence-electron chi connectivity index (χ0n) is 9.31. The van der Waals surface area contributed by atoms with Gasteiger partial charge in [0.2, 0.25) is 0 Å². The van der Waals surface area contributed by atoms with Gasteiger partial charge in [0.15, 0.2) is 5.16 Å². The molecule has 0 unspecified atom stereocenters. The van der Waals surface area contributed by atoms with Crippen LogP contribution in [-0.2, 0) is 0 Å². The van der Waals surface area contributed by atoms with Gasteiger partial charge in [0.25, 0.3) is 5.91 Å². The van der Waals surface area contributed by atoms with Crippen LogP contribution in [0.5, 0.6) is 0 Å². The summed E-state index contributed by atoms with van der Waals surface area (Å²) < 4.78 is 1.38. The van der Waals surface area contributed by atoms with Crippen LogP contribution < -0.4 is 0 Å². The predicted octanol–water partition coefficient (Wildman–Crippen LogP) is 2.42. The molecule has 0 amide bonds. The molecule has 2 heterocycles. The maximum Gasteiger partial charge on any atom is 0.258 e. The molecular formula is C12H9N3OS2. The summed E-state index contributed by atoms with van der Waals surface area (Å²) in [5, 5.41) is 10.0. The molecule has 18 heavy (non-hydrogen) atoms. The van der Waals surface area contributed by atoms with E-state index in [9.17, 15) is 4.79 Å². The van der Waals surface area contributed by atoms with Gasteiger partial charge >= 0.3 is 0 Å². The van der Waals surface area contributed by atoms with Crippen LogP contribution in [0.2, 0.25) is 0 Å². The second-order valence-electron chi connectivity index (χ2n) is 3.16. The Kier molecular flexibility index (Phi) is 4.34. The summed E-state index contributed by atoms with van der Waals surface area (Å²) in [7, 11) is 0. The highest BCUT2D eigenvalue weighted by molar-refractivity contribution is 7.99. The van der Waals surface area contributed by atoms with Gasteiger partial charge < -0.3 is 0 Å². The fraction of sp³-hybridized carbons (Fsp3) is 0.0833. The fourth-order valence-electron chi connectivity index (χ4n) is 1.20. The van der Waals surface area contributed by atoms with Crippen LogP contribution in [0.4, 0.5) is 0 Å². The Hall–Kier alpha value is -1.84. The maximum absolute atomic E-state index is 11.9. The Balaban J connectivity index is 2.10. The molecule has 0 radical (unpaired) electrons. The molecule has 2 rings (SSSR count). The van der Waals surface area contributed by atoms with E-state index in [-0.39, 0.29) is 5.91 Å². The minimum atomic E-state index is -0.187. The number of terminal acetylenes is 1. The molecule has 0 fully saturated rings. The van der Waals surface area contributed by atoms with E-state index in [4.69, 9.17) is 6.42 Å². The summed E-state index contributed by atoms with van der Waals surface area (Å²) in [4.78, 5) is 12.9. The number of rotatable bonds is 4. The van der Waals surface area contributed by atoms with Crippen molar-refractivity contribution in [1.82, 2.24) is 14.8 Å². The molecule has 2 aromatic rings. The Labute approximate surface area is 113 Å². The van der Waals surface area contributed by atoms with Crippen LogP contribution in [0.1, 0.15) is 9.67 Å². The van der Waals surface area contributed by atoms with Crippen molar-refractivity contribution in [3.05, 3.63) is 34.8 Å². The van der Waals surface area contributed by atoms with Gasteiger partial charge in [-0.05, 0) is 17.5 Å². The Morgan fingerprint density at radius 2 is 2.56 bits per heavy atom. The van der Waals surface area contributed by atoms with Crippen molar-refractivity contribution < 1.29 is 4.79 Å². The van der Waals surface area contributed by atoms with Crippen LogP contribution >= 0.6 is 23.1 Å². The van der Waals surface area contributed by atoms with E-state index in [0.29, 0.717) is 10.9 Å². The normalized spacial score (nSPS) is 10.6. The van der Waals surface area contributed by atoms with Crippen LogP contribution in [0.3, 0.4) is 0 Å². The summed E-state index contributed by atoms with van der Waals surface area (Å²) in [6.07, 6.45) is 9.82. The minimum Gasteiger partial charge on any atom is -0.269 e. The van der Waals surface area contributed by atoms with E-state index in [0.717, 1.165) is 4.88 Å². The lowest BCUT2D eigenvalue weighted by atomic mass is 10.4. The molecular weight excluding hydrogens is 266 g/mol. The van der Waals surface area contributed by atoms with Crippen LogP contribution in [-0.4, -0.2) is 26.4 Å². The van der Waals surface area contributed by atoms with Crippen LogP contribution in [0.15, 0.2) is 35.1 Å². The number of thiophene rings is 1. The summed E-state index contributed by atoms with van der Waals surface area (Å²) >= 11 is 2.88. The number of allylic oxidation sites excluding steroid dienone is 1. The van der Waals surface area contributed by atoms with E-state index < -0.39 is 0 Å². The Morgan fingerprint density at radius 3 is 3.28 bits per heavy atom. The summed E-state index contributed by atoms with van der Waals surface area (Å²) in [5.41, 5.74) is 0. The molecule has 0 N–H and O–H groups in total. The van der Waals surface area contributed by atoms with Crippen molar-refractivity contribution in [3.63, 3.8) is 0 Å². The number of thioether (sulfide) groups is 1. The Morgan fingerprint density at radius 1 is 1.67 bits per heavy atom. The second-order valence-corrected chi connectivity index (χ2v) is 5.09. The highest BCUT2D eigenvalue weighted by Gasteiger charge is 2.09. The summed E-state index contributed by atoms with van der Waals surface area (Å²) in [6.45, 7) is 0. The summed E-state index contributed by atoms with van der Waals surface area (Å²) in [5.74, 6) is 2.75. The van der Waals surface area contributed by atoms with Gasteiger partial charge in [0, 0.05) is 11.0 Å². The fourth-order valence-corrected chi connectivity index (χ4v) is 2.41. The minimum absolute atomic E-state index is 0.187. The largest absolute Gasteiger partial charge is 0.269 e. The topological polar surface area (TPSA) is 47.8 Å². The molecule has 0 atom stereocenters. The zero-order valence-corrected chi connectivity index (χ0v) is 10.9. The van der Waals surface area contributed by atoms with Gasteiger partial charge in [-0.15, -0.1) is 28.0 Å². The number of hydrogen-bond donors (Lipinski definition) is 0. The highest BCUT2D eigenvalue weighted by atomic mass is 32.2. The SMILES string of the molecule is C#CCSc1nncn1C(=O)C=Cc1cccs1. The highest BCUT2D eigenvalue weighted by Crippen LogP contribution is 2.15. The lowest BCUT2D eigenvalue weighted by Gasteiger charge is -1.98. The molecule has 0 aliphatic rings. The standard InChI is InChI=1S/C12H9N3OS2/c1-2-7-18-12-14-13-9-15(12)11(16)6-5-10-4-3-8-17-10/h1,3-6,8-9H,7H2. The first-order chi connectivity index (χ1) is 8.81. The van der Waals surface area contributed by atoms with Crippen molar-refractivity contribution in [3.8, 4) is 12.3 Å². The number of carbonyl (C=O) groups excluding carboxylic acids is 1. The molecule has 0 aliphatic carbocycles. The van der Waals surface area contributed by atoms with Gasteiger partial charge in [-0.25, -0.2) is 4.57 Å². The quantitative estimate of drug-likeness (QED) is 0.488. The van der Waals surface area contributed by atoms with Gasteiger partial charge in [0.1, 0.15) is 6.33 Å². The van der Waals surface area contributed by atoms with Gasteiger partial charge in [-0.2, -0.15) is 0 Å². The van der Waals surface area contributed by atoms with E-state index >= 15 is 0 Å². The molecule has 0 bridgehead atoms.